The van der Waals surface area contributed by atoms with Crippen LogP contribution in [0.4, 0.5) is 10.5 Å². The number of likely N-dealkylation sites (tertiary alicyclic amines) is 1. The number of hydrogen-bond donors (Lipinski definition) is 1. The quantitative estimate of drug-likeness (QED) is 0.821. The number of urea groups is 1. The fourth-order valence-corrected chi connectivity index (χ4v) is 2.27. The fraction of sp³-hybridized carbons (Fsp3) is 0.500. The summed E-state index contributed by atoms with van der Waals surface area (Å²) in [7, 11) is 0. The van der Waals surface area contributed by atoms with Crippen LogP contribution in [0.5, 0.6) is 0 Å². The van der Waals surface area contributed by atoms with Gasteiger partial charge in [-0.1, -0.05) is 24.6 Å². The molecule has 1 fully saturated rings. The maximum Gasteiger partial charge on any atom is 0.321 e. The van der Waals surface area contributed by atoms with E-state index in [0.29, 0.717) is 5.02 Å². The molecule has 1 aliphatic heterocycles. The highest BCUT2D eigenvalue weighted by molar-refractivity contribution is 6.31. The predicted molar refractivity (Wildman–Crippen MR) is 75.2 cm³/mol. The number of benzene rings is 1. The van der Waals surface area contributed by atoms with Gasteiger partial charge in [-0.25, -0.2) is 4.79 Å². The van der Waals surface area contributed by atoms with Crippen LogP contribution < -0.4 is 5.32 Å². The molecule has 3 nitrogen and oxygen atoms in total. The van der Waals surface area contributed by atoms with Crippen LogP contribution in [-0.4, -0.2) is 24.0 Å². The Morgan fingerprint density at radius 3 is 2.67 bits per heavy atom. The van der Waals surface area contributed by atoms with Gasteiger partial charge in [-0.3, -0.25) is 0 Å². The van der Waals surface area contributed by atoms with Crippen LogP contribution >= 0.6 is 11.6 Å². The molecule has 1 aromatic carbocycles. The average Bonchev–Trinajstić information content (AvgIpc) is 2.34. The Morgan fingerprint density at radius 1 is 1.39 bits per heavy atom. The molecule has 0 radical (unpaired) electrons. The standard InChI is InChI=1S/C14H19ClN2O/c1-10-5-7-17(8-6-10)14(18)16-12-4-3-11(2)13(15)9-12/h3-4,9-10H,5-8H2,1-2H3,(H,16,18). The molecule has 0 unspecified atom stereocenters. The normalized spacial score (nSPS) is 16.7. The first-order valence-corrected chi connectivity index (χ1v) is 6.76. The average molecular weight is 267 g/mol. The highest BCUT2D eigenvalue weighted by Crippen LogP contribution is 2.21. The summed E-state index contributed by atoms with van der Waals surface area (Å²) in [6, 6.07) is 5.56. The summed E-state index contributed by atoms with van der Waals surface area (Å²) < 4.78 is 0. The van der Waals surface area contributed by atoms with Crippen LogP contribution in [0.2, 0.25) is 5.02 Å². The van der Waals surface area contributed by atoms with Gasteiger partial charge in [0.05, 0.1) is 0 Å². The van der Waals surface area contributed by atoms with Crippen molar-refractivity contribution in [1.82, 2.24) is 4.90 Å². The van der Waals surface area contributed by atoms with Gasteiger partial charge in [0.2, 0.25) is 0 Å². The Balaban J connectivity index is 1.96. The number of nitrogens with one attached hydrogen (secondary N) is 1. The van der Waals surface area contributed by atoms with Gasteiger partial charge in [0.15, 0.2) is 0 Å². The van der Waals surface area contributed by atoms with Gasteiger partial charge in [-0.05, 0) is 43.4 Å². The van der Waals surface area contributed by atoms with Crippen molar-refractivity contribution in [3.05, 3.63) is 28.8 Å². The summed E-state index contributed by atoms with van der Waals surface area (Å²) in [5.74, 6) is 0.725. The summed E-state index contributed by atoms with van der Waals surface area (Å²) in [4.78, 5) is 13.9. The Bertz CT molecular complexity index is 439. The van der Waals surface area contributed by atoms with Crippen LogP contribution in [0.1, 0.15) is 25.3 Å². The van der Waals surface area contributed by atoms with Crippen molar-refractivity contribution in [2.75, 3.05) is 18.4 Å². The first kappa shape index (κ1) is 13.2. The van der Waals surface area contributed by atoms with Gasteiger partial charge in [-0.15, -0.1) is 0 Å². The molecule has 1 aromatic rings. The van der Waals surface area contributed by atoms with E-state index < -0.39 is 0 Å². The number of halogens is 1. The highest BCUT2D eigenvalue weighted by atomic mass is 35.5. The highest BCUT2D eigenvalue weighted by Gasteiger charge is 2.20. The van der Waals surface area contributed by atoms with Crippen molar-refractivity contribution < 1.29 is 4.79 Å². The second-order valence-electron chi connectivity index (χ2n) is 5.06. The number of carbonyl (C=O) groups excluding carboxylic acids is 1. The summed E-state index contributed by atoms with van der Waals surface area (Å²) >= 11 is 6.04. The minimum Gasteiger partial charge on any atom is -0.325 e. The molecule has 0 aliphatic carbocycles. The third kappa shape index (κ3) is 3.16. The molecule has 0 spiro atoms. The molecule has 2 rings (SSSR count). The second kappa shape index (κ2) is 5.61. The molecular weight excluding hydrogens is 248 g/mol. The molecule has 1 saturated heterocycles. The Kier molecular flexibility index (Phi) is 4.12. The SMILES string of the molecule is Cc1ccc(NC(=O)N2CCC(C)CC2)cc1Cl. The van der Waals surface area contributed by atoms with E-state index in [9.17, 15) is 4.79 Å². The third-order valence-corrected chi connectivity index (χ3v) is 3.90. The smallest absolute Gasteiger partial charge is 0.321 e. The minimum atomic E-state index is -0.0261. The van der Waals surface area contributed by atoms with E-state index in [0.717, 1.165) is 43.1 Å². The van der Waals surface area contributed by atoms with Crippen LogP contribution in [0, 0.1) is 12.8 Å². The lowest BCUT2D eigenvalue weighted by molar-refractivity contribution is 0.186. The number of piperidine rings is 1. The Hall–Kier alpha value is -1.22. The summed E-state index contributed by atoms with van der Waals surface area (Å²) in [5, 5.41) is 3.58. The van der Waals surface area contributed by atoms with E-state index in [-0.39, 0.29) is 6.03 Å². The van der Waals surface area contributed by atoms with E-state index in [1.54, 1.807) is 6.07 Å². The number of amides is 2. The Labute approximate surface area is 113 Å². The fourth-order valence-electron chi connectivity index (χ4n) is 2.08. The Morgan fingerprint density at radius 2 is 2.06 bits per heavy atom. The van der Waals surface area contributed by atoms with Crippen molar-refractivity contribution >= 4 is 23.3 Å². The molecule has 1 heterocycles. The lowest BCUT2D eigenvalue weighted by Crippen LogP contribution is -2.40. The molecule has 2 amide bonds. The third-order valence-electron chi connectivity index (χ3n) is 3.49. The molecule has 0 atom stereocenters. The number of carbonyl (C=O) groups is 1. The lowest BCUT2D eigenvalue weighted by atomic mass is 10.00. The van der Waals surface area contributed by atoms with Gasteiger partial charge >= 0.3 is 6.03 Å². The van der Waals surface area contributed by atoms with E-state index >= 15 is 0 Å². The monoisotopic (exact) mass is 266 g/mol. The van der Waals surface area contributed by atoms with Crippen LogP contribution in [0.3, 0.4) is 0 Å². The topological polar surface area (TPSA) is 32.3 Å². The number of rotatable bonds is 1. The molecule has 1 N–H and O–H groups in total. The molecule has 1 aliphatic rings. The molecular formula is C14H19ClN2O. The first-order chi connectivity index (χ1) is 8.56. The maximum atomic E-state index is 12.0. The summed E-state index contributed by atoms with van der Waals surface area (Å²) in [5.41, 5.74) is 1.77. The van der Waals surface area contributed by atoms with Crippen molar-refractivity contribution in [3.8, 4) is 0 Å². The predicted octanol–water partition coefficient (Wildman–Crippen LogP) is 3.91. The molecule has 0 bridgehead atoms. The molecule has 4 heteroatoms. The van der Waals surface area contributed by atoms with Crippen LogP contribution in [-0.2, 0) is 0 Å². The van der Waals surface area contributed by atoms with E-state index in [2.05, 4.69) is 12.2 Å². The van der Waals surface area contributed by atoms with Gasteiger partial charge in [0.25, 0.3) is 0 Å². The van der Waals surface area contributed by atoms with Gasteiger partial charge in [-0.2, -0.15) is 0 Å². The lowest BCUT2D eigenvalue weighted by Gasteiger charge is -2.30. The van der Waals surface area contributed by atoms with Crippen molar-refractivity contribution in [1.29, 1.82) is 0 Å². The van der Waals surface area contributed by atoms with E-state index in [1.165, 1.54) is 0 Å². The summed E-state index contributed by atoms with van der Waals surface area (Å²) in [6.45, 7) is 5.86. The number of nitrogens with zero attached hydrogens (tertiary/aromatic N) is 1. The maximum absolute atomic E-state index is 12.0. The molecule has 0 saturated carbocycles. The van der Waals surface area contributed by atoms with E-state index in [1.807, 2.05) is 24.0 Å². The minimum absolute atomic E-state index is 0.0261. The van der Waals surface area contributed by atoms with Crippen molar-refractivity contribution in [2.24, 2.45) is 5.92 Å². The van der Waals surface area contributed by atoms with E-state index in [4.69, 9.17) is 11.6 Å². The van der Waals surface area contributed by atoms with Gasteiger partial charge in [0.1, 0.15) is 0 Å². The number of anilines is 1. The second-order valence-corrected chi connectivity index (χ2v) is 5.47. The number of aryl methyl sites for hydroxylation is 1. The largest absolute Gasteiger partial charge is 0.325 e. The zero-order valence-electron chi connectivity index (χ0n) is 10.9. The van der Waals surface area contributed by atoms with Gasteiger partial charge in [0, 0.05) is 23.8 Å². The van der Waals surface area contributed by atoms with Crippen molar-refractivity contribution in [2.45, 2.75) is 26.7 Å². The zero-order valence-corrected chi connectivity index (χ0v) is 11.6. The van der Waals surface area contributed by atoms with Crippen LogP contribution in [0.15, 0.2) is 18.2 Å². The molecule has 98 valence electrons. The summed E-state index contributed by atoms with van der Waals surface area (Å²) in [6.07, 6.45) is 2.17. The first-order valence-electron chi connectivity index (χ1n) is 6.38. The molecule has 0 aromatic heterocycles. The molecule has 18 heavy (non-hydrogen) atoms. The van der Waals surface area contributed by atoms with Gasteiger partial charge < -0.3 is 10.2 Å². The zero-order chi connectivity index (χ0) is 13.1. The number of hydrogen-bond acceptors (Lipinski definition) is 1. The van der Waals surface area contributed by atoms with Crippen LogP contribution in [0.25, 0.3) is 0 Å². The van der Waals surface area contributed by atoms with Crippen molar-refractivity contribution in [3.63, 3.8) is 0 Å².